The number of nitrogens with one attached hydrogen (secondary N) is 1. The summed E-state index contributed by atoms with van der Waals surface area (Å²) in [5, 5.41) is 0.568. The van der Waals surface area contributed by atoms with Gasteiger partial charge >= 0.3 is 6.18 Å². The average molecular weight is 228 g/mol. The largest absolute Gasteiger partial charge is 0.431 e. The Morgan fingerprint density at radius 2 is 2.00 bits per heavy atom. The number of benzene rings is 1. The highest BCUT2D eigenvalue weighted by atomic mass is 19.4. The minimum Gasteiger partial charge on any atom is -0.351 e. The minimum atomic E-state index is -4.33. The Balaban J connectivity index is 2.57. The molecule has 5 heteroatoms. The molecular formula is C11H11F3N2. The van der Waals surface area contributed by atoms with Gasteiger partial charge in [0, 0.05) is 10.9 Å². The van der Waals surface area contributed by atoms with Crippen molar-refractivity contribution in [3.8, 4) is 0 Å². The summed E-state index contributed by atoms with van der Waals surface area (Å²) in [6, 6.07) is 6.30. The molecule has 1 aromatic carbocycles. The number of rotatable bonds is 2. The van der Waals surface area contributed by atoms with E-state index in [1.807, 2.05) is 0 Å². The standard InChI is InChI=1S/C11H11F3N2/c12-11(13,14)9-6-8-3-1-2-7(4-5-15)10(8)16-9/h1-3,6,16H,4-5,15H2. The number of aromatic nitrogens is 1. The fourth-order valence-electron chi connectivity index (χ4n) is 1.74. The highest BCUT2D eigenvalue weighted by molar-refractivity contribution is 5.83. The summed E-state index contributed by atoms with van der Waals surface area (Å²) in [5.74, 6) is 0. The van der Waals surface area contributed by atoms with Gasteiger partial charge in [-0.25, -0.2) is 0 Å². The molecule has 0 atom stereocenters. The van der Waals surface area contributed by atoms with Crippen LogP contribution in [0.3, 0.4) is 0 Å². The van der Waals surface area contributed by atoms with E-state index < -0.39 is 11.9 Å². The van der Waals surface area contributed by atoms with Crippen molar-refractivity contribution in [3.63, 3.8) is 0 Å². The number of halogens is 3. The van der Waals surface area contributed by atoms with Gasteiger partial charge in [-0.1, -0.05) is 18.2 Å². The van der Waals surface area contributed by atoms with E-state index in [9.17, 15) is 13.2 Å². The van der Waals surface area contributed by atoms with Crippen molar-refractivity contribution in [1.29, 1.82) is 0 Å². The van der Waals surface area contributed by atoms with E-state index in [1.54, 1.807) is 18.2 Å². The van der Waals surface area contributed by atoms with Crippen molar-refractivity contribution in [2.24, 2.45) is 5.73 Å². The van der Waals surface area contributed by atoms with Crippen LogP contribution in [0, 0.1) is 0 Å². The van der Waals surface area contributed by atoms with Crippen LogP contribution >= 0.6 is 0 Å². The monoisotopic (exact) mass is 228 g/mol. The molecule has 3 N–H and O–H groups in total. The van der Waals surface area contributed by atoms with E-state index in [2.05, 4.69) is 4.98 Å². The molecule has 0 saturated carbocycles. The third-order valence-corrected chi connectivity index (χ3v) is 2.46. The quantitative estimate of drug-likeness (QED) is 0.815. The van der Waals surface area contributed by atoms with Crippen LogP contribution in [0.25, 0.3) is 10.9 Å². The lowest BCUT2D eigenvalue weighted by Crippen LogP contribution is -2.05. The van der Waals surface area contributed by atoms with Crippen LogP contribution in [0.5, 0.6) is 0 Å². The van der Waals surface area contributed by atoms with E-state index in [0.717, 1.165) is 11.6 Å². The molecule has 0 aliphatic rings. The Labute approximate surface area is 90.3 Å². The molecule has 86 valence electrons. The number of hydrogen-bond acceptors (Lipinski definition) is 1. The SMILES string of the molecule is NCCc1cccc2cc(C(F)(F)F)[nH]c12. The fourth-order valence-corrected chi connectivity index (χ4v) is 1.74. The molecule has 0 aliphatic carbocycles. The van der Waals surface area contributed by atoms with E-state index >= 15 is 0 Å². The van der Waals surface area contributed by atoms with Gasteiger partial charge in [0.1, 0.15) is 5.69 Å². The Kier molecular flexibility index (Phi) is 2.63. The first kappa shape index (κ1) is 11.0. The normalized spacial score (nSPS) is 12.2. The van der Waals surface area contributed by atoms with Crippen molar-refractivity contribution in [3.05, 3.63) is 35.5 Å². The Bertz CT molecular complexity index is 499. The zero-order valence-corrected chi connectivity index (χ0v) is 8.43. The predicted molar refractivity (Wildman–Crippen MR) is 56.1 cm³/mol. The summed E-state index contributed by atoms with van der Waals surface area (Å²) in [5.41, 5.74) is 6.04. The molecule has 2 aromatic rings. The maximum absolute atomic E-state index is 12.5. The van der Waals surface area contributed by atoms with Crippen LogP contribution < -0.4 is 5.73 Å². The van der Waals surface area contributed by atoms with E-state index in [-0.39, 0.29) is 0 Å². The molecule has 0 spiro atoms. The van der Waals surface area contributed by atoms with E-state index in [4.69, 9.17) is 5.73 Å². The molecule has 0 amide bonds. The summed E-state index contributed by atoms with van der Waals surface area (Å²) >= 11 is 0. The minimum absolute atomic E-state index is 0.416. The van der Waals surface area contributed by atoms with Crippen molar-refractivity contribution in [2.75, 3.05) is 6.54 Å². The van der Waals surface area contributed by atoms with Gasteiger partial charge in [0.05, 0.1) is 0 Å². The molecule has 2 nitrogen and oxygen atoms in total. The van der Waals surface area contributed by atoms with Gasteiger partial charge in [-0.05, 0) is 24.6 Å². The van der Waals surface area contributed by atoms with Crippen LogP contribution in [0.15, 0.2) is 24.3 Å². The zero-order valence-electron chi connectivity index (χ0n) is 8.43. The number of H-pyrrole nitrogens is 1. The fraction of sp³-hybridized carbons (Fsp3) is 0.273. The lowest BCUT2D eigenvalue weighted by molar-refractivity contribution is -0.140. The summed E-state index contributed by atoms with van der Waals surface area (Å²) in [6.07, 6.45) is -3.77. The molecule has 0 radical (unpaired) electrons. The van der Waals surface area contributed by atoms with Gasteiger partial charge in [-0.15, -0.1) is 0 Å². The van der Waals surface area contributed by atoms with Gasteiger partial charge < -0.3 is 10.7 Å². The molecule has 0 fully saturated rings. The van der Waals surface area contributed by atoms with Crippen LogP contribution in [0.2, 0.25) is 0 Å². The van der Waals surface area contributed by atoms with Crippen LogP contribution in [-0.2, 0) is 12.6 Å². The highest BCUT2D eigenvalue weighted by Crippen LogP contribution is 2.32. The van der Waals surface area contributed by atoms with Gasteiger partial charge in [0.15, 0.2) is 0 Å². The molecule has 0 aliphatic heterocycles. The first-order valence-corrected chi connectivity index (χ1v) is 4.90. The number of aromatic amines is 1. The second-order valence-electron chi connectivity index (χ2n) is 3.60. The van der Waals surface area contributed by atoms with E-state index in [1.165, 1.54) is 0 Å². The maximum atomic E-state index is 12.5. The summed E-state index contributed by atoms with van der Waals surface area (Å²) < 4.78 is 37.5. The van der Waals surface area contributed by atoms with Gasteiger partial charge in [-0.2, -0.15) is 13.2 Å². The van der Waals surface area contributed by atoms with Gasteiger partial charge in [0.2, 0.25) is 0 Å². The third-order valence-electron chi connectivity index (χ3n) is 2.46. The number of fused-ring (bicyclic) bond motifs is 1. The number of nitrogens with two attached hydrogens (primary N) is 1. The first-order valence-electron chi connectivity index (χ1n) is 4.90. The van der Waals surface area contributed by atoms with E-state index in [0.29, 0.717) is 23.9 Å². The lowest BCUT2D eigenvalue weighted by Gasteiger charge is -2.02. The molecule has 1 aromatic heterocycles. The van der Waals surface area contributed by atoms with Gasteiger partial charge in [0.25, 0.3) is 0 Å². The van der Waals surface area contributed by atoms with Gasteiger partial charge in [-0.3, -0.25) is 0 Å². The van der Waals surface area contributed by atoms with Crippen molar-refractivity contribution in [1.82, 2.24) is 4.98 Å². The lowest BCUT2D eigenvalue weighted by atomic mass is 10.1. The summed E-state index contributed by atoms with van der Waals surface area (Å²) in [7, 11) is 0. The van der Waals surface area contributed by atoms with Crippen molar-refractivity contribution in [2.45, 2.75) is 12.6 Å². The number of hydrogen-bond donors (Lipinski definition) is 2. The van der Waals surface area contributed by atoms with Crippen molar-refractivity contribution < 1.29 is 13.2 Å². The second-order valence-corrected chi connectivity index (χ2v) is 3.60. The molecule has 1 heterocycles. The van der Waals surface area contributed by atoms with Crippen LogP contribution in [0.4, 0.5) is 13.2 Å². The second kappa shape index (κ2) is 3.83. The Hall–Kier alpha value is -1.49. The topological polar surface area (TPSA) is 41.8 Å². The third kappa shape index (κ3) is 1.90. The molecule has 0 saturated heterocycles. The van der Waals surface area contributed by atoms with Crippen molar-refractivity contribution >= 4 is 10.9 Å². The number of para-hydroxylation sites is 1. The van der Waals surface area contributed by atoms with Crippen LogP contribution in [0.1, 0.15) is 11.3 Å². The molecular weight excluding hydrogens is 217 g/mol. The molecule has 2 rings (SSSR count). The molecule has 0 unspecified atom stereocenters. The molecule has 0 bridgehead atoms. The first-order chi connectivity index (χ1) is 7.52. The summed E-state index contributed by atoms with van der Waals surface area (Å²) in [4.78, 5) is 2.41. The average Bonchev–Trinajstić information content (AvgIpc) is 2.62. The highest BCUT2D eigenvalue weighted by Gasteiger charge is 2.32. The predicted octanol–water partition coefficient (Wildman–Crippen LogP) is 2.69. The smallest absolute Gasteiger partial charge is 0.351 e. The Morgan fingerprint density at radius 1 is 1.25 bits per heavy atom. The molecule has 16 heavy (non-hydrogen) atoms. The zero-order chi connectivity index (χ0) is 11.8. The maximum Gasteiger partial charge on any atom is 0.431 e. The Morgan fingerprint density at radius 3 is 2.62 bits per heavy atom. The number of alkyl halides is 3. The van der Waals surface area contributed by atoms with Crippen LogP contribution in [-0.4, -0.2) is 11.5 Å². The summed E-state index contributed by atoms with van der Waals surface area (Å²) in [6.45, 7) is 0.416.